The lowest BCUT2D eigenvalue weighted by atomic mass is 9.87. The van der Waals surface area contributed by atoms with E-state index >= 15 is 0 Å². The first kappa shape index (κ1) is 26.2. The van der Waals surface area contributed by atoms with Gasteiger partial charge in [-0.1, -0.05) is 11.6 Å². The molecule has 3 rings (SSSR count). The minimum absolute atomic E-state index is 0.0536. The van der Waals surface area contributed by atoms with Crippen LogP contribution >= 0.6 is 0 Å². The normalized spacial score (nSPS) is 18.1. The van der Waals surface area contributed by atoms with E-state index in [1.165, 1.54) is 13.0 Å². The second-order valence-electron chi connectivity index (χ2n) is 8.78. The van der Waals surface area contributed by atoms with Crippen molar-refractivity contribution in [2.45, 2.75) is 57.7 Å². The van der Waals surface area contributed by atoms with E-state index < -0.39 is 29.2 Å². The number of hydrogen-bond donors (Lipinski definition) is 2. The van der Waals surface area contributed by atoms with E-state index in [0.717, 1.165) is 12.1 Å². The molecule has 0 aromatic heterocycles. The predicted octanol–water partition coefficient (Wildman–Crippen LogP) is 5.43. The summed E-state index contributed by atoms with van der Waals surface area (Å²) in [5, 5.41) is 11.5. The van der Waals surface area contributed by atoms with E-state index in [2.05, 4.69) is 5.32 Å². The first-order valence-electron chi connectivity index (χ1n) is 11.5. The summed E-state index contributed by atoms with van der Waals surface area (Å²) in [5.74, 6) is -1.47. The quantitative estimate of drug-likeness (QED) is 0.361. The van der Waals surface area contributed by atoms with Crippen molar-refractivity contribution in [3.63, 3.8) is 0 Å². The number of halogens is 3. The predicted molar refractivity (Wildman–Crippen MR) is 123 cm³/mol. The number of aliphatic carboxylic acids is 1. The molecule has 0 unspecified atom stereocenters. The molecule has 6 nitrogen and oxygen atoms in total. The van der Waals surface area contributed by atoms with Crippen molar-refractivity contribution in [3.8, 4) is 5.75 Å². The van der Waals surface area contributed by atoms with Crippen LogP contribution < -0.4 is 10.1 Å². The Kier molecular flexibility index (Phi) is 8.53. The molecule has 1 saturated carbocycles. The zero-order valence-corrected chi connectivity index (χ0v) is 19.4. The smallest absolute Gasteiger partial charge is 0.417 e. The first-order valence-corrected chi connectivity index (χ1v) is 11.5. The van der Waals surface area contributed by atoms with Crippen LogP contribution in [0.3, 0.4) is 0 Å². The van der Waals surface area contributed by atoms with Crippen molar-refractivity contribution < 1.29 is 37.4 Å². The van der Waals surface area contributed by atoms with E-state index in [1.807, 2.05) is 0 Å². The number of carboxylic acid groups (broad SMARTS) is 1. The number of hydrogen-bond acceptors (Lipinski definition) is 4. The van der Waals surface area contributed by atoms with Gasteiger partial charge in [0.25, 0.3) is 5.91 Å². The second kappa shape index (κ2) is 11.4. The van der Waals surface area contributed by atoms with Gasteiger partial charge >= 0.3 is 12.1 Å². The maximum absolute atomic E-state index is 13.2. The molecule has 188 valence electrons. The first-order chi connectivity index (χ1) is 16.5. The molecule has 9 heteroatoms. The molecule has 1 amide bonds. The highest BCUT2D eigenvalue weighted by molar-refractivity contribution is 5.97. The van der Waals surface area contributed by atoms with Crippen LogP contribution in [0.15, 0.2) is 42.5 Å². The minimum Gasteiger partial charge on any atom is -0.490 e. The number of Topliss-reactive ketones (excluding diaryl/α,β-unsaturated/α-hetero) is 1. The minimum atomic E-state index is -4.64. The Morgan fingerprint density at radius 1 is 1.03 bits per heavy atom. The summed E-state index contributed by atoms with van der Waals surface area (Å²) in [6.07, 6.45) is -1.80. The third kappa shape index (κ3) is 7.31. The van der Waals surface area contributed by atoms with Crippen molar-refractivity contribution >= 4 is 17.7 Å². The largest absolute Gasteiger partial charge is 0.490 e. The number of nitrogens with one attached hydrogen (secondary N) is 1. The Labute approximate surface area is 201 Å². The topological polar surface area (TPSA) is 92.7 Å². The number of benzene rings is 2. The number of alkyl halides is 3. The van der Waals surface area contributed by atoms with Gasteiger partial charge in [0.2, 0.25) is 0 Å². The van der Waals surface area contributed by atoms with Crippen molar-refractivity contribution in [3.05, 3.63) is 64.7 Å². The molecule has 2 N–H and O–H groups in total. The number of aryl methyl sites for hydroxylation is 1. The molecule has 0 saturated heterocycles. The number of amides is 1. The van der Waals surface area contributed by atoms with Gasteiger partial charge in [-0.2, -0.15) is 13.2 Å². The van der Waals surface area contributed by atoms with E-state index in [1.54, 1.807) is 24.3 Å². The van der Waals surface area contributed by atoms with Gasteiger partial charge in [-0.25, -0.2) is 0 Å². The van der Waals surface area contributed by atoms with Crippen LogP contribution in [-0.2, 0) is 11.0 Å². The summed E-state index contributed by atoms with van der Waals surface area (Å²) >= 11 is 0. The van der Waals surface area contributed by atoms with Gasteiger partial charge in [-0.3, -0.25) is 14.4 Å². The molecule has 1 fully saturated rings. The number of ether oxygens (including phenoxy) is 1. The average Bonchev–Trinajstić information content (AvgIpc) is 2.81. The molecule has 0 spiro atoms. The SMILES string of the molecule is Cc1ccc(C(=O)NCCCC(=O)c2ccc(OC3CCC(C(=O)O)CC3)cc2)c(C(F)(F)F)c1. The number of carboxylic acids is 1. The Hall–Kier alpha value is -3.36. The number of ketones is 1. The van der Waals surface area contributed by atoms with E-state index in [4.69, 9.17) is 9.84 Å². The van der Waals surface area contributed by atoms with E-state index in [0.29, 0.717) is 42.6 Å². The van der Waals surface area contributed by atoms with Crippen LogP contribution in [0.1, 0.15) is 70.4 Å². The van der Waals surface area contributed by atoms with Crippen LogP contribution in [0.2, 0.25) is 0 Å². The van der Waals surface area contributed by atoms with Gasteiger partial charge in [-0.05, 0) is 75.4 Å². The molecule has 0 aliphatic heterocycles. The molecule has 35 heavy (non-hydrogen) atoms. The summed E-state index contributed by atoms with van der Waals surface area (Å²) in [4.78, 5) is 35.7. The number of carbonyl (C=O) groups excluding carboxylic acids is 2. The van der Waals surface area contributed by atoms with Crippen molar-refractivity contribution in [1.29, 1.82) is 0 Å². The van der Waals surface area contributed by atoms with Crippen LogP contribution in [0, 0.1) is 12.8 Å². The Morgan fingerprint density at radius 2 is 1.69 bits per heavy atom. The van der Waals surface area contributed by atoms with Gasteiger partial charge in [0, 0.05) is 18.5 Å². The van der Waals surface area contributed by atoms with E-state index in [9.17, 15) is 27.6 Å². The molecule has 2 aromatic rings. The van der Waals surface area contributed by atoms with Crippen LogP contribution in [0.5, 0.6) is 5.75 Å². The Balaban J connectivity index is 1.44. The zero-order chi connectivity index (χ0) is 25.6. The molecule has 0 heterocycles. The molecular formula is C26H28F3NO5. The lowest BCUT2D eigenvalue weighted by Crippen LogP contribution is -2.27. The summed E-state index contributed by atoms with van der Waals surface area (Å²) in [7, 11) is 0. The van der Waals surface area contributed by atoms with Gasteiger partial charge in [0.15, 0.2) is 5.78 Å². The molecule has 2 aromatic carbocycles. The van der Waals surface area contributed by atoms with Crippen molar-refractivity contribution in [1.82, 2.24) is 5.32 Å². The van der Waals surface area contributed by atoms with Crippen LogP contribution in [-0.4, -0.2) is 35.4 Å². The van der Waals surface area contributed by atoms with Crippen molar-refractivity contribution in [2.75, 3.05) is 6.54 Å². The highest BCUT2D eigenvalue weighted by Gasteiger charge is 2.35. The highest BCUT2D eigenvalue weighted by atomic mass is 19.4. The summed E-state index contributed by atoms with van der Waals surface area (Å²) in [6.45, 7) is 1.59. The molecular weight excluding hydrogens is 463 g/mol. The summed E-state index contributed by atoms with van der Waals surface area (Å²) in [5.41, 5.74) is -0.553. The van der Waals surface area contributed by atoms with Gasteiger partial charge < -0.3 is 15.2 Å². The standard InChI is InChI=1S/C26H28F3NO5/c1-16-4-13-21(22(15-16)26(27,28)29)24(32)30-14-2-3-23(31)17-5-9-19(10-6-17)35-20-11-7-18(8-12-20)25(33)34/h4-6,9-10,13,15,18,20H,2-3,7-8,11-12,14H2,1H3,(H,30,32)(H,33,34). The van der Waals surface area contributed by atoms with Crippen LogP contribution in [0.4, 0.5) is 13.2 Å². The fraction of sp³-hybridized carbons (Fsp3) is 0.423. The third-order valence-corrected chi connectivity index (χ3v) is 6.09. The molecule has 1 aliphatic carbocycles. The van der Waals surface area contributed by atoms with Gasteiger partial charge in [-0.15, -0.1) is 0 Å². The van der Waals surface area contributed by atoms with Crippen LogP contribution in [0.25, 0.3) is 0 Å². The van der Waals surface area contributed by atoms with Gasteiger partial charge in [0.05, 0.1) is 23.1 Å². The van der Waals surface area contributed by atoms with E-state index in [-0.39, 0.29) is 37.2 Å². The fourth-order valence-electron chi connectivity index (χ4n) is 4.12. The van der Waals surface area contributed by atoms with Crippen molar-refractivity contribution in [2.24, 2.45) is 5.92 Å². The lowest BCUT2D eigenvalue weighted by molar-refractivity contribution is -0.143. The molecule has 1 aliphatic rings. The molecule has 0 radical (unpaired) electrons. The molecule has 0 atom stereocenters. The number of carbonyl (C=O) groups is 3. The lowest BCUT2D eigenvalue weighted by Gasteiger charge is -2.26. The second-order valence-corrected chi connectivity index (χ2v) is 8.78. The maximum Gasteiger partial charge on any atom is 0.417 e. The third-order valence-electron chi connectivity index (χ3n) is 6.09. The summed E-state index contributed by atoms with van der Waals surface area (Å²) in [6, 6.07) is 10.2. The zero-order valence-electron chi connectivity index (χ0n) is 19.4. The molecule has 0 bridgehead atoms. The number of rotatable bonds is 9. The Bertz CT molecular complexity index is 1060. The summed E-state index contributed by atoms with van der Waals surface area (Å²) < 4.78 is 45.6. The van der Waals surface area contributed by atoms with Gasteiger partial charge in [0.1, 0.15) is 5.75 Å². The monoisotopic (exact) mass is 491 g/mol. The fourth-order valence-corrected chi connectivity index (χ4v) is 4.12. The maximum atomic E-state index is 13.2. The average molecular weight is 492 g/mol. The Morgan fingerprint density at radius 3 is 2.29 bits per heavy atom. The highest BCUT2D eigenvalue weighted by Crippen LogP contribution is 2.33.